The minimum Gasteiger partial charge on any atom is -0.399 e. The summed E-state index contributed by atoms with van der Waals surface area (Å²) in [5.41, 5.74) is 9.36. The van der Waals surface area contributed by atoms with Gasteiger partial charge in [0.2, 0.25) is 5.91 Å². The van der Waals surface area contributed by atoms with E-state index >= 15 is 0 Å². The summed E-state index contributed by atoms with van der Waals surface area (Å²) in [6.07, 6.45) is 5.64. The molecule has 0 atom stereocenters. The molecule has 2 aliphatic rings. The number of nitrogen functional groups attached to an aromatic ring is 1. The van der Waals surface area contributed by atoms with Crippen molar-refractivity contribution in [3.8, 4) is 0 Å². The summed E-state index contributed by atoms with van der Waals surface area (Å²) >= 11 is 0. The van der Waals surface area contributed by atoms with E-state index in [9.17, 15) is 4.79 Å². The van der Waals surface area contributed by atoms with Crippen molar-refractivity contribution >= 4 is 28.4 Å². The molecule has 2 saturated heterocycles. The Balaban J connectivity index is 1.29. The Morgan fingerprint density at radius 1 is 0.967 bits per heavy atom. The van der Waals surface area contributed by atoms with Gasteiger partial charge < -0.3 is 15.5 Å². The smallest absolute Gasteiger partial charge is 0.229 e. The largest absolute Gasteiger partial charge is 0.399 e. The van der Waals surface area contributed by atoms with E-state index in [4.69, 9.17) is 10.7 Å². The Bertz CT molecular complexity index is 1070. The number of fused-ring (bicyclic) bond motifs is 1. The van der Waals surface area contributed by atoms with Crippen LogP contribution in [0.25, 0.3) is 11.0 Å². The SMILES string of the molecule is Nc1cccc(CN2CCCC3(CCN(c4cnc5ccccc5n4)CC3)C2=O)c1. The summed E-state index contributed by atoms with van der Waals surface area (Å²) in [6, 6.07) is 15.8. The monoisotopic (exact) mass is 401 g/mol. The molecule has 1 spiro atoms. The van der Waals surface area contributed by atoms with Crippen molar-refractivity contribution in [3.05, 3.63) is 60.3 Å². The number of likely N-dealkylation sites (tertiary alicyclic amines) is 1. The molecule has 2 aromatic carbocycles. The second-order valence-corrected chi connectivity index (χ2v) is 8.56. The van der Waals surface area contributed by atoms with Crippen molar-refractivity contribution in [2.45, 2.75) is 32.2 Å². The maximum atomic E-state index is 13.5. The molecule has 6 nitrogen and oxygen atoms in total. The number of para-hydroxylation sites is 2. The van der Waals surface area contributed by atoms with E-state index in [1.165, 1.54) is 0 Å². The molecule has 5 rings (SSSR count). The number of hydrogen-bond donors (Lipinski definition) is 1. The van der Waals surface area contributed by atoms with Crippen LogP contribution in [-0.2, 0) is 11.3 Å². The molecule has 0 aliphatic carbocycles. The molecule has 2 fully saturated rings. The average molecular weight is 402 g/mol. The first kappa shape index (κ1) is 18.9. The number of nitrogens with two attached hydrogens (primary N) is 1. The minimum atomic E-state index is -0.237. The molecule has 1 amide bonds. The maximum Gasteiger partial charge on any atom is 0.229 e. The van der Waals surface area contributed by atoms with Crippen LogP contribution in [0.2, 0.25) is 0 Å². The zero-order valence-electron chi connectivity index (χ0n) is 17.1. The number of aromatic nitrogens is 2. The molecular formula is C24H27N5O. The number of anilines is 2. The summed E-state index contributed by atoms with van der Waals surface area (Å²) in [5, 5.41) is 0. The van der Waals surface area contributed by atoms with E-state index in [0.29, 0.717) is 12.5 Å². The molecule has 0 saturated carbocycles. The predicted octanol–water partition coefficient (Wildman–Crippen LogP) is 3.62. The summed E-state index contributed by atoms with van der Waals surface area (Å²) in [5.74, 6) is 1.21. The fourth-order valence-electron chi connectivity index (χ4n) is 4.94. The van der Waals surface area contributed by atoms with Crippen molar-refractivity contribution in [2.75, 3.05) is 30.3 Å². The van der Waals surface area contributed by atoms with Gasteiger partial charge in [-0.05, 0) is 55.5 Å². The van der Waals surface area contributed by atoms with Crippen LogP contribution >= 0.6 is 0 Å². The van der Waals surface area contributed by atoms with Crippen LogP contribution in [0.5, 0.6) is 0 Å². The lowest BCUT2D eigenvalue weighted by Crippen LogP contribution is -2.53. The number of piperidine rings is 2. The van der Waals surface area contributed by atoms with Gasteiger partial charge in [-0.3, -0.25) is 9.78 Å². The quantitative estimate of drug-likeness (QED) is 0.679. The van der Waals surface area contributed by atoms with Gasteiger partial charge in [-0.25, -0.2) is 4.98 Å². The van der Waals surface area contributed by atoms with E-state index < -0.39 is 0 Å². The fraction of sp³-hybridized carbons (Fsp3) is 0.375. The topological polar surface area (TPSA) is 75.3 Å². The molecule has 154 valence electrons. The highest BCUT2D eigenvalue weighted by Gasteiger charge is 2.45. The maximum absolute atomic E-state index is 13.5. The molecule has 3 heterocycles. The van der Waals surface area contributed by atoms with Gasteiger partial charge in [-0.1, -0.05) is 24.3 Å². The van der Waals surface area contributed by atoms with Crippen LogP contribution in [0, 0.1) is 5.41 Å². The summed E-state index contributed by atoms with van der Waals surface area (Å²) < 4.78 is 0. The van der Waals surface area contributed by atoms with Crippen LogP contribution < -0.4 is 10.6 Å². The first-order valence-electron chi connectivity index (χ1n) is 10.7. The van der Waals surface area contributed by atoms with E-state index in [0.717, 1.165) is 73.4 Å². The van der Waals surface area contributed by atoms with Crippen LogP contribution in [0.4, 0.5) is 11.5 Å². The van der Waals surface area contributed by atoms with Crippen LogP contribution in [0.15, 0.2) is 54.7 Å². The van der Waals surface area contributed by atoms with E-state index in [1.54, 1.807) is 0 Å². The first-order chi connectivity index (χ1) is 14.6. The van der Waals surface area contributed by atoms with Gasteiger partial charge in [0.15, 0.2) is 0 Å². The van der Waals surface area contributed by atoms with Gasteiger partial charge >= 0.3 is 0 Å². The number of benzene rings is 2. The number of hydrogen-bond acceptors (Lipinski definition) is 5. The molecule has 30 heavy (non-hydrogen) atoms. The third-order valence-electron chi connectivity index (χ3n) is 6.63. The Kier molecular flexibility index (Phi) is 4.77. The van der Waals surface area contributed by atoms with Crippen LogP contribution in [0.1, 0.15) is 31.2 Å². The number of carbonyl (C=O) groups is 1. The molecule has 3 aromatic rings. The zero-order valence-corrected chi connectivity index (χ0v) is 17.1. The predicted molar refractivity (Wildman–Crippen MR) is 119 cm³/mol. The van der Waals surface area contributed by atoms with Gasteiger partial charge in [0.1, 0.15) is 5.82 Å². The van der Waals surface area contributed by atoms with Gasteiger partial charge in [0, 0.05) is 31.9 Å². The minimum absolute atomic E-state index is 0.237. The highest BCUT2D eigenvalue weighted by molar-refractivity contribution is 5.84. The van der Waals surface area contributed by atoms with Crippen molar-refractivity contribution in [3.63, 3.8) is 0 Å². The normalized spacial score (nSPS) is 18.9. The lowest BCUT2D eigenvalue weighted by molar-refractivity contribution is -0.148. The zero-order chi connectivity index (χ0) is 20.6. The lowest BCUT2D eigenvalue weighted by atomic mass is 9.71. The Morgan fingerprint density at radius 3 is 2.57 bits per heavy atom. The summed E-state index contributed by atoms with van der Waals surface area (Å²) in [4.78, 5) is 27.1. The van der Waals surface area contributed by atoms with E-state index in [1.807, 2.05) is 59.6 Å². The summed E-state index contributed by atoms with van der Waals surface area (Å²) in [6.45, 7) is 3.15. The third kappa shape index (κ3) is 3.47. The molecule has 0 bridgehead atoms. The molecule has 2 aliphatic heterocycles. The highest BCUT2D eigenvalue weighted by atomic mass is 16.2. The molecule has 1 aromatic heterocycles. The summed E-state index contributed by atoms with van der Waals surface area (Å²) in [7, 11) is 0. The van der Waals surface area contributed by atoms with Crippen LogP contribution in [0.3, 0.4) is 0 Å². The molecular weight excluding hydrogens is 374 g/mol. The lowest BCUT2D eigenvalue weighted by Gasteiger charge is -2.46. The molecule has 6 heteroatoms. The van der Waals surface area contributed by atoms with E-state index in [-0.39, 0.29) is 5.41 Å². The van der Waals surface area contributed by atoms with Gasteiger partial charge in [-0.2, -0.15) is 0 Å². The van der Waals surface area contributed by atoms with E-state index in [2.05, 4.69) is 9.88 Å². The molecule has 0 radical (unpaired) electrons. The van der Waals surface area contributed by atoms with Crippen molar-refractivity contribution in [1.82, 2.24) is 14.9 Å². The van der Waals surface area contributed by atoms with Gasteiger partial charge in [0.05, 0.1) is 22.6 Å². The van der Waals surface area contributed by atoms with Crippen molar-refractivity contribution < 1.29 is 4.79 Å². The third-order valence-corrected chi connectivity index (χ3v) is 6.63. The Hall–Kier alpha value is -3.15. The first-order valence-corrected chi connectivity index (χ1v) is 10.7. The molecule has 0 unspecified atom stereocenters. The highest BCUT2D eigenvalue weighted by Crippen LogP contribution is 2.42. The Labute approximate surface area is 176 Å². The van der Waals surface area contributed by atoms with Crippen molar-refractivity contribution in [2.24, 2.45) is 5.41 Å². The number of rotatable bonds is 3. The number of nitrogens with zero attached hydrogens (tertiary/aromatic N) is 4. The standard InChI is InChI=1S/C24H27N5O/c25-19-6-3-5-18(15-19)17-29-12-4-9-24(23(29)30)10-13-28(14-11-24)22-16-26-20-7-1-2-8-21(20)27-22/h1-3,5-8,15-16H,4,9-14,17,25H2. The Morgan fingerprint density at radius 2 is 1.77 bits per heavy atom. The van der Waals surface area contributed by atoms with Gasteiger partial charge in [0.25, 0.3) is 0 Å². The fourth-order valence-corrected chi connectivity index (χ4v) is 4.94. The second-order valence-electron chi connectivity index (χ2n) is 8.56. The number of carbonyl (C=O) groups excluding carboxylic acids is 1. The van der Waals surface area contributed by atoms with Gasteiger partial charge in [-0.15, -0.1) is 0 Å². The molecule has 2 N–H and O–H groups in total. The average Bonchev–Trinajstić information content (AvgIpc) is 2.77. The number of amides is 1. The van der Waals surface area contributed by atoms with Crippen molar-refractivity contribution in [1.29, 1.82) is 0 Å². The van der Waals surface area contributed by atoms with Crippen LogP contribution in [-0.4, -0.2) is 40.4 Å². The second kappa shape index (κ2) is 7.59.